The second-order valence-electron chi connectivity index (χ2n) is 25.5. The summed E-state index contributed by atoms with van der Waals surface area (Å²) in [6.45, 7) is 32.4. The number of ether oxygens (including phenoxy) is 1. The Hall–Kier alpha value is -7.96. The van der Waals surface area contributed by atoms with Gasteiger partial charge in [0.15, 0.2) is 0 Å². The average molecular weight is 1060 g/mol. The van der Waals surface area contributed by atoms with Gasteiger partial charge in [-0.2, -0.15) is 0 Å². The van der Waals surface area contributed by atoms with E-state index in [0.29, 0.717) is 18.5 Å². The maximum atomic E-state index is 15.0. The highest BCUT2D eigenvalue weighted by Crippen LogP contribution is 2.53. The number of fused-ring (bicyclic) bond motifs is 4. The number of para-hydroxylation sites is 3. The Morgan fingerprint density at radius 2 is 1.07 bits per heavy atom. The fourth-order valence-electron chi connectivity index (χ4n) is 11.8. The molecule has 406 valence electrons. The summed E-state index contributed by atoms with van der Waals surface area (Å²) >= 11 is 0. The highest BCUT2D eigenvalue weighted by molar-refractivity contribution is 6.09. The topological polar surface area (TPSA) is 33.5 Å². The van der Waals surface area contributed by atoms with Crippen molar-refractivity contribution >= 4 is 44.6 Å². The fourth-order valence-corrected chi connectivity index (χ4v) is 11.8. The van der Waals surface area contributed by atoms with Gasteiger partial charge in [-0.3, -0.25) is 4.57 Å². The minimum atomic E-state index is -0.255. The molecular formula is C74H77FN4O. The number of hydrogen-bond acceptors (Lipinski definition) is 4. The van der Waals surface area contributed by atoms with E-state index in [1.54, 1.807) is 12.1 Å². The van der Waals surface area contributed by atoms with Crippen molar-refractivity contribution in [2.45, 2.75) is 131 Å². The number of halogens is 1. The van der Waals surface area contributed by atoms with Crippen molar-refractivity contribution < 1.29 is 9.13 Å². The van der Waals surface area contributed by atoms with Crippen molar-refractivity contribution in [2.75, 3.05) is 16.5 Å². The molecule has 0 aliphatic carbocycles. The van der Waals surface area contributed by atoms with Gasteiger partial charge in [0.05, 0.1) is 28.1 Å². The lowest BCUT2D eigenvalue weighted by molar-refractivity contribution is 0.483. The first-order valence-corrected chi connectivity index (χ1v) is 28.8. The number of pyridine rings is 1. The van der Waals surface area contributed by atoms with E-state index in [2.05, 4.69) is 257 Å². The van der Waals surface area contributed by atoms with Gasteiger partial charge in [-0.15, -0.1) is 0 Å². The van der Waals surface area contributed by atoms with Gasteiger partial charge >= 0.3 is 0 Å². The van der Waals surface area contributed by atoms with Crippen LogP contribution in [0.2, 0.25) is 0 Å². The van der Waals surface area contributed by atoms with Gasteiger partial charge in [-0.25, -0.2) is 9.37 Å². The predicted molar refractivity (Wildman–Crippen MR) is 337 cm³/mol. The number of hydrogen-bond donors (Lipinski definition) is 0. The molecule has 6 heteroatoms. The Labute approximate surface area is 474 Å². The maximum absolute atomic E-state index is 15.0. The smallest absolute Gasteiger partial charge is 0.137 e. The Morgan fingerprint density at radius 1 is 0.475 bits per heavy atom. The summed E-state index contributed by atoms with van der Waals surface area (Å²) < 4.78 is 24.5. The molecule has 0 saturated carbocycles. The molecule has 0 bridgehead atoms. The molecular weight excluding hydrogens is 980 g/mol. The van der Waals surface area contributed by atoms with Crippen LogP contribution in [0.15, 0.2) is 176 Å². The molecule has 5 nitrogen and oxygen atoms in total. The molecule has 8 aromatic carbocycles. The van der Waals surface area contributed by atoms with Gasteiger partial charge in [0.25, 0.3) is 0 Å². The summed E-state index contributed by atoms with van der Waals surface area (Å²) in [7, 11) is 0. The second kappa shape index (κ2) is 20.9. The Morgan fingerprint density at radius 3 is 1.70 bits per heavy atom. The number of aromatic nitrogens is 2. The summed E-state index contributed by atoms with van der Waals surface area (Å²) in [6, 6.07) is 60.9. The molecule has 1 aliphatic heterocycles. The van der Waals surface area contributed by atoms with Crippen LogP contribution in [0.25, 0.3) is 61.0 Å². The predicted octanol–water partition coefficient (Wildman–Crippen LogP) is 21.4. The summed E-state index contributed by atoms with van der Waals surface area (Å²) in [5.74, 6) is 3.31. The van der Waals surface area contributed by atoms with Gasteiger partial charge < -0.3 is 14.5 Å². The SMILES string of the molecule is CC(C)c1cc(-c2cc(C(C)(C)C)cc(-c3ccc(F)cc3)c2N2CN(c3cc(Oc4ccc5c6ccccc6n(-c6cc(C(C)(C)C)ccn6)c5c4)cc(-c4c(C(C)C)cccc4C(C)C)c3)c3ccccc32)cc(C(C)C)c1. The normalized spacial score (nSPS) is 13.0. The van der Waals surface area contributed by atoms with E-state index >= 15 is 0 Å². The quantitative estimate of drug-likeness (QED) is 0.122. The molecule has 0 saturated heterocycles. The molecule has 0 atom stereocenters. The number of nitrogens with zero attached hydrogens (tertiary/aromatic N) is 4. The highest BCUT2D eigenvalue weighted by atomic mass is 19.1. The third kappa shape index (κ3) is 10.2. The van der Waals surface area contributed by atoms with Gasteiger partial charge in [0, 0.05) is 45.9 Å². The molecule has 3 heterocycles. The molecule has 0 radical (unpaired) electrons. The molecule has 0 fully saturated rings. The zero-order valence-electron chi connectivity index (χ0n) is 49.3. The van der Waals surface area contributed by atoms with Gasteiger partial charge in [-0.1, -0.05) is 176 Å². The van der Waals surface area contributed by atoms with Crippen molar-refractivity contribution in [2.24, 2.45) is 0 Å². The van der Waals surface area contributed by atoms with E-state index < -0.39 is 0 Å². The van der Waals surface area contributed by atoms with E-state index in [1.165, 1.54) is 44.5 Å². The van der Waals surface area contributed by atoms with Crippen molar-refractivity contribution in [3.8, 4) is 50.7 Å². The van der Waals surface area contributed by atoms with Gasteiger partial charge in [0.1, 0.15) is 29.8 Å². The molecule has 11 rings (SSSR count). The molecule has 80 heavy (non-hydrogen) atoms. The Kier molecular flexibility index (Phi) is 14.1. The van der Waals surface area contributed by atoms with Crippen molar-refractivity contribution in [1.82, 2.24) is 9.55 Å². The number of anilines is 4. The van der Waals surface area contributed by atoms with Crippen LogP contribution in [0.5, 0.6) is 11.5 Å². The fraction of sp³-hybridized carbons (Fsp3) is 0.284. The van der Waals surface area contributed by atoms with E-state index in [-0.39, 0.29) is 28.5 Å². The van der Waals surface area contributed by atoms with Gasteiger partial charge in [0.2, 0.25) is 0 Å². The third-order valence-electron chi connectivity index (χ3n) is 16.4. The van der Waals surface area contributed by atoms with Crippen LogP contribution in [-0.2, 0) is 10.8 Å². The lowest BCUT2D eigenvalue weighted by atomic mass is 9.81. The molecule has 2 aromatic heterocycles. The Balaban J connectivity index is 1.13. The average Bonchev–Trinajstić information content (AvgIpc) is 3.59. The first kappa shape index (κ1) is 54.0. The lowest BCUT2D eigenvalue weighted by Gasteiger charge is -2.31. The molecule has 0 unspecified atom stereocenters. The third-order valence-corrected chi connectivity index (χ3v) is 16.4. The van der Waals surface area contributed by atoms with E-state index in [4.69, 9.17) is 9.72 Å². The monoisotopic (exact) mass is 1060 g/mol. The van der Waals surface area contributed by atoms with Crippen molar-refractivity contribution in [1.29, 1.82) is 0 Å². The minimum Gasteiger partial charge on any atom is -0.457 e. The molecule has 0 spiro atoms. The van der Waals surface area contributed by atoms with Crippen LogP contribution in [0.4, 0.5) is 27.1 Å². The van der Waals surface area contributed by atoms with Crippen molar-refractivity contribution in [3.63, 3.8) is 0 Å². The van der Waals surface area contributed by atoms with Crippen LogP contribution in [-0.4, -0.2) is 16.2 Å². The van der Waals surface area contributed by atoms with Crippen LogP contribution in [0, 0.1) is 5.82 Å². The van der Waals surface area contributed by atoms with Gasteiger partial charge in [-0.05, 0) is 169 Å². The van der Waals surface area contributed by atoms with Crippen LogP contribution in [0.1, 0.15) is 154 Å². The molecule has 0 N–H and O–H groups in total. The zero-order chi connectivity index (χ0) is 56.5. The van der Waals surface area contributed by atoms with Crippen molar-refractivity contribution in [3.05, 3.63) is 215 Å². The number of benzene rings is 8. The standard InChI is InChI=1S/C74H77FN4O/c1-45(2)50-34-51(46(3)4)36-52(35-50)65-40-55(74(12,13)14)39-64(49-26-28-56(75)29-27-49)72(65)78-44-77(67-24-17-18-25-68(67)78)57-37-53(71-60(47(5)6)21-19-22-61(71)48(7)8)38-59(42-57)80-58-30-31-63-62-20-15-16-23-66(62)79(69(63)43-58)70-41-54(32-33-76-70)73(9,10)11/h15-43,45-48H,44H2,1-14H3. The van der Waals surface area contributed by atoms with Crippen LogP contribution < -0.4 is 14.5 Å². The first-order chi connectivity index (χ1) is 38.1. The second-order valence-corrected chi connectivity index (χ2v) is 25.5. The lowest BCUT2D eigenvalue weighted by Crippen LogP contribution is -2.25. The zero-order valence-corrected chi connectivity index (χ0v) is 49.3. The molecule has 0 amide bonds. The maximum Gasteiger partial charge on any atom is 0.137 e. The van der Waals surface area contributed by atoms with E-state index in [1.807, 2.05) is 18.3 Å². The number of rotatable bonds is 12. The van der Waals surface area contributed by atoms with Crippen LogP contribution >= 0.6 is 0 Å². The first-order valence-electron chi connectivity index (χ1n) is 28.8. The summed E-state index contributed by atoms with van der Waals surface area (Å²) in [6.07, 6.45) is 1.93. The Bertz CT molecular complexity index is 3910. The van der Waals surface area contributed by atoms with Crippen LogP contribution in [0.3, 0.4) is 0 Å². The molecule has 10 aromatic rings. The highest BCUT2D eigenvalue weighted by Gasteiger charge is 2.34. The summed E-state index contributed by atoms with van der Waals surface area (Å²) in [5.41, 5.74) is 20.5. The largest absolute Gasteiger partial charge is 0.457 e. The van der Waals surface area contributed by atoms with E-state index in [9.17, 15) is 4.39 Å². The summed E-state index contributed by atoms with van der Waals surface area (Å²) in [5, 5.41) is 2.30. The van der Waals surface area contributed by atoms with E-state index in [0.717, 1.165) is 84.1 Å². The molecule has 1 aliphatic rings. The summed E-state index contributed by atoms with van der Waals surface area (Å²) in [4.78, 5) is 9.93. The minimum absolute atomic E-state index is 0.0506.